The number of hydrogen-bond donors (Lipinski definition) is 1. The molecule has 0 aromatic heterocycles. The van der Waals surface area contributed by atoms with Gasteiger partial charge in [-0.3, -0.25) is 0 Å². The van der Waals surface area contributed by atoms with E-state index >= 15 is 0 Å². The highest BCUT2D eigenvalue weighted by molar-refractivity contribution is 7.89. The van der Waals surface area contributed by atoms with Crippen molar-refractivity contribution in [1.82, 2.24) is 4.31 Å². The monoisotopic (exact) mass is 330 g/mol. The molecule has 0 radical (unpaired) electrons. The van der Waals surface area contributed by atoms with Crippen molar-refractivity contribution in [2.45, 2.75) is 23.5 Å². The average molecular weight is 331 g/mol. The molecule has 1 aromatic carbocycles. The van der Waals surface area contributed by atoms with Crippen molar-refractivity contribution in [3.05, 3.63) is 29.8 Å². The Morgan fingerprint density at radius 2 is 1.95 bits per heavy atom. The third-order valence-corrected chi connectivity index (χ3v) is 4.85. The van der Waals surface area contributed by atoms with Crippen LogP contribution in [0.25, 0.3) is 0 Å². The molecule has 1 aliphatic heterocycles. The summed E-state index contributed by atoms with van der Waals surface area (Å²) < 4.78 is 63.1. The van der Waals surface area contributed by atoms with E-state index in [1.165, 1.54) is 0 Å². The van der Waals surface area contributed by atoms with Crippen molar-refractivity contribution < 1.29 is 21.6 Å². The van der Waals surface area contributed by atoms with Gasteiger partial charge in [0, 0.05) is 19.1 Å². The van der Waals surface area contributed by atoms with Crippen LogP contribution in [0.3, 0.4) is 0 Å². The van der Waals surface area contributed by atoms with E-state index in [1.54, 1.807) is 0 Å². The number of nitrogens with two attached hydrogens (primary N) is 1. The smallest absolute Gasteiger partial charge is 0.326 e. The minimum atomic E-state index is -4.56. The van der Waals surface area contributed by atoms with Crippen LogP contribution >= 0.6 is 12.4 Å². The Labute approximate surface area is 121 Å². The topological polar surface area (TPSA) is 63.4 Å². The quantitative estimate of drug-likeness (QED) is 0.900. The number of alkyl halides is 3. The van der Waals surface area contributed by atoms with E-state index in [4.69, 9.17) is 5.73 Å². The SMILES string of the molecule is Cl.NC1CCN(S(=O)(=O)c2cccc(C(F)(F)F)c2)C1. The van der Waals surface area contributed by atoms with Crippen LogP contribution < -0.4 is 5.73 Å². The van der Waals surface area contributed by atoms with Gasteiger partial charge in [-0.2, -0.15) is 17.5 Å². The summed E-state index contributed by atoms with van der Waals surface area (Å²) in [7, 11) is -3.90. The number of halogens is 4. The molecule has 1 aliphatic rings. The fourth-order valence-corrected chi connectivity index (χ4v) is 3.51. The average Bonchev–Trinajstić information content (AvgIpc) is 2.76. The third-order valence-electron chi connectivity index (χ3n) is 2.99. The fourth-order valence-electron chi connectivity index (χ4n) is 1.95. The molecule has 1 heterocycles. The molecule has 20 heavy (non-hydrogen) atoms. The van der Waals surface area contributed by atoms with Crippen molar-refractivity contribution in [1.29, 1.82) is 0 Å². The van der Waals surface area contributed by atoms with Gasteiger partial charge in [0.1, 0.15) is 0 Å². The molecule has 0 amide bonds. The molecule has 4 nitrogen and oxygen atoms in total. The molecule has 1 aromatic rings. The molecular formula is C11H14ClF3N2O2S. The largest absolute Gasteiger partial charge is 0.416 e. The molecule has 1 fully saturated rings. The lowest BCUT2D eigenvalue weighted by molar-refractivity contribution is -0.137. The van der Waals surface area contributed by atoms with Crippen molar-refractivity contribution in [3.8, 4) is 0 Å². The van der Waals surface area contributed by atoms with E-state index in [2.05, 4.69) is 0 Å². The Bertz CT molecular complexity index is 577. The summed E-state index contributed by atoms with van der Waals surface area (Å²) in [6.45, 7) is 0.373. The molecule has 9 heteroatoms. The van der Waals surface area contributed by atoms with Crippen molar-refractivity contribution >= 4 is 22.4 Å². The minimum absolute atomic E-state index is 0. The molecule has 2 N–H and O–H groups in total. The fraction of sp³-hybridized carbons (Fsp3) is 0.455. The summed E-state index contributed by atoms with van der Waals surface area (Å²) in [6.07, 6.45) is -4.05. The van der Waals surface area contributed by atoms with E-state index in [-0.39, 0.29) is 36.4 Å². The van der Waals surface area contributed by atoms with Crippen LogP contribution in [0, 0.1) is 0 Å². The van der Waals surface area contributed by atoms with Gasteiger partial charge >= 0.3 is 6.18 Å². The number of nitrogens with zero attached hydrogens (tertiary/aromatic N) is 1. The summed E-state index contributed by atoms with van der Waals surface area (Å²) in [4.78, 5) is -0.351. The predicted molar refractivity (Wildman–Crippen MR) is 70.0 cm³/mol. The maximum atomic E-state index is 12.6. The second-order valence-corrected chi connectivity index (χ2v) is 6.38. The molecule has 2 rings (SSSR count). The van der Waals surface area contributed by atoms with Crippen LogP contribution in [0.2, 0.25) is 0 Å². The Kier molecular flexibility index (Phi) is 5.07. The first-order chi connectivity index (χ1) is 8.71. The third kappa shape index (κ3) is 3.43. The zero-order valence-electron chi connectivity index (χ0n) is 10.3. The molecule has 0 saturated carbocycles. The summed E-state index contributed by atoms with van der Waals surface area (Å²) >= 11 is 0. The number of rotatable bonds is 2. The maximum absolute atomic E-state index is 12.6. The van der Waals surface area contributed by atoms with E-state index in [1.807, 2.05) is 0 Å². The van der Waals surface area contributed by atoms with E-state index < -0.39 is 21.8 Å². The summed E-state index contributed by atoms with van der Waals surface area (Å²) in [5.41, 5.74) is 4.64. The Morgan fingerprint density at radius 3 is 2.45 bits per heavy atom. The molecule has 0 aliphatic carbocycles. The molecule has 1 saturated heterocycles. The van der Waals surface area contributed by atoms with Crippen molar-refractivity contribution in [2.24, 2.45) is 5.73 Å². The molecule has 0 spiro atoms. The maximum Gasteiger partial charge on any atom is 0.416 e. The highest BCUT2D eigenvalue weighted by Crippen LogP contribution is 2.31. The highest BCUT2D eigenvalue weighted by Gasteiger charge is 2.34. The molecular weight excluding hydrogens is 317 g/mol. The Morgan fingerprint density at radius 1 is 1.30 bits per heavy atom. The Hall–Kier alpha value is -0.830. The standard InChI is InChI=1S/C11H13F3N2O2S.ClH/c12-11(13,14)8-2-1-3-10(6-8)19(17,18)16-5-4-9(15)7-16;/h1-3,6,9H,4-5,7,15H2;1H. The molecule has 114 valence electrons. The van der Waals surface area contributed by atoms with Crippen LogP contribution in [-0.4, -0.2) is 31.9 Å². The van der Waals surface area contributed by atoms with Gasteiger partial charge in [0.15, 0.2) is 0 Å². The van der Waals surface area contributed by atoms with E-state index in [0.29, 0.717) is 12.5 Å². The van der Waals surface area contributed by atoms with Gasteiger partial charge in [-0.15, -0.1) is 12.4 Å². The predicted octanol–water partition coefficient (Wildman–Crippen LogP) is 1.85. The van der Waals surface area contributed by atoms with Gasteiger partial charge in [0.25, 0.3) is 0 Å². The lowest BCUT2D eigenvalue weighted by Gasteiger charge is -2.17. The summed E-state index contributed by atoms with van der Waals surface area (Å²) in [6, 6.07) is 3.48. The molecule has 0 bridgehead atoms. The first-order valence-corrected chi connectivity index (χ1v) is 7.08. The summed E-state index contributed by atoms with van der Waals surface area (Å²) in [5, 5.41) is 0. The van der Waals surface area contributed by atoms with E-state index in [9.17, 15) is 21.6 Å². The van der Waals surface area contributed by atoms with E-state index in [0.717, 1.165) is 22.5 Å². The van der Waals surface area contributed by atoms with Crippen LogP contribution in [-0.2, 0) is 16.2 Å². The molecule has 1 atom stereocenters. The normalized spacial score (nSPS) is 20.7. The molecule has 1 unspecified atom stereocenters. The zero-order valence-corrected chi connectivity index (χ0v) is 11.9. The van der Waals surface area contributed by atoms with Crippen molar-refractivity contribution in [3.63, 3.8) is 0 Å². The van der Waals surface area contributed by atoms with Gasteiger partial charge in [0.2, 0.25) is 10.0 Å². The second-order valence-electron chi connectivity index (χ2n) is 4.44. The van der Waals surface area contributed by atoms with Gasteiger partial charge < -0.3 is 5.73 Å². The van der Waals surface area contributed by atoms with Crippen LogP contribution in [0.4, 0.5) is 13.2 Å². The zero-order chi connectivity index (χ0) is 14.3. The van der Waals surface area contributed by atoms with Gasteiger partial charge in [0.05, 0.1) is 10.5 Å². The highest BCUT2D eigenvalue weighted by atomic mass is 35.5. The number of hydrogen-bond acceptors (Lipinski definition) is 3. The van der Waals surface area contributed by atoms with Crippen LogP contribution in [0.1, 0.15) is 12.0 Å². The lowest BCUT2D eigenvalue weighted by Crippen LogP contribution is -2.32. The minimum Gasteiger partial charge on any atom is -0.326 e. The first-order valence-electron chi connectivity index (χ1n) is 5.64. The number of benzene rings is 1. The second kappa shape index (κ2) is 5.88. The van der Waals surface area contributed by atoms with Crippen LogP contribution in [0.5, 0.6) is 0 Å². The van der Waals surface area contributed by atoms with Gasteiger partial charge in [-0.25, -0.2) is 8.42 Å². The van der Waals surface area contributed by atoms with Crippen LogP contribution in [0.15, 0.2) is 29.2 Å². The number of sulfonamides is 1. The summed E-state index contributed by atoms with van der Waals surface area (Å²) in [5.74, 6) is 0. The Balaban J connectivity index is 0.00000200. The van der Waals surface area contributed by atoms with Gasteiger partial charge in [-0.05, 0) is 24.6 Å². The first kappa shape index (κ1) is 17.2. The van der Waals surface area contributed by atoms with Crippen molar-refractivity contribution in [2.75, 3.05) is 13.1 Å². The lowest BCUT2D eigenvalue weighted by atomic mass is 10.2. The van der Waals surface area contributed by atoms with Gasteiger partial charge in [-0.1, -0.05) is 6.07 Å².